The Morgan fingerprint density at radius 1 is 1.47 bits per heavy atom. The minimum atomic E-state index is -0.369. The Balaban J connectivity index is 2.14. The lowest BCUT2D eigenvalue weighted by atomic mass is 10.4. The van der Waals surface area contributed by atoms with Gasteiger partial charge in [-0.05, 0) is 13.0 Å². The first kappa shape index (κ1) is 11.4. The number of aryl methyl sites for hydroxylation is 2. The molecule has 6 heteroatoms. The van der Waals surface area contributed by atoms with Crippen molar-refractivity contribution in [1.29, 1.82) is 0 Å². The van der Waals surface area contributed by atoms with Crippen LogP contribution >= 0.6 is 0 Å². The van der Waals surface area contributed by atoms with E-state index >= 15 is 0 Å². The summed E-state index contributed by atoms with van der Waals surface area (Å²) in [6.45, 7) is 3.18. The lowest BCUT2D eigenvalue weighted by molar-refractivity contribution is 0.0587. The molecule has 0 aliphatic carbocycles. The van der Waals surface area contributed by atoms with Gasteiger partial charge in [0, 0.05) is 18.9 Å². The first-order valence-corrected chi connectivity index (χ1v) is 5.30. The van der Waals surface area contributed by atoms with Gasteiger partial charge in [0.1, 0.15) is 11.5 Å². The van der Waals surface area contributed by atoms with Crippen LogP contribution in [0.25, 0.3) is 0 Å². The van der Waals surface area contributed by atoms with Gasteiger partial charge in [-0.15, -0.1) is 0 Å². The van der Waals surface area contributed by atoms with Crippen molar-refractivity contribution in [3.63, 3.8) is 0 Å². The molecular weight excluding hydrogens is 220 g/mol. The summed E-state index contributed by atoms with van der Waals surface area (Å²) in [6, 6.07) is 1.86. The fraction of sp³-hybridized carbons (Fsp3) is 0.364. The maximum Gasteiger partial charge on any atom is 0.356 e. The molecule has 0 saturated carbocycles. The van der Waals surface area contributed by atoms with Crippen molar-refractivity contribution >= 4 is 5.97 Å². The Morgan fingerprint density at radius 3 is 2.94 bits per heavy atom. The third-order valence-electron chi connectivity index (χ3n) is 2.56. The summed E-state index contributed by atoms with van der Waals surface area (Å²) >= 11 is 0. The van der Waals surface area contributed by atoms with Gasteiger partial charge in [-0.2, -0.15) is 5.10 Å². The van der Waals surface area contributed by atoms with Crippen LogP contribution in [0.4, 0.5) is 0 Å². The molecule has 90 valence electrons. The van der Waals surface area contributed by atoms with Gasteiger partial charge in [0.25, 0.3) is 0 Å². The molecule has 2 heterocycles. The number of nitrogens with zero attached hydrogens (tertiary/aromatic N) is 4. The van der Waals surface area contributed by atoms with E-state index < -0.39 is 0 Å². The highest BCUT2D eigenvalue weighted by Crippen LogP contribution is 2.06. The molecule has 0 atom stereocenters. The van der Waals surface area contributed by atoms with Crippen molar-refractivity contribution in [2.75, 3.05) is 7.11 Å². The number of esters is 1. The number of carbonyl (C=O) groups is 1. The van der Waals surface area contributed by atoms with Crippen molar-refractivity contribution in [2.24, 2.45) is 0 Å². The van der Waals surface area contributed by atoms with Crippen LogP contribution in [-0.4, -0.2) is 32.4 Å². The average Bonchev–Trinajstić information content (AvgIpc) is 2.95. The molecule has 2 aromatic rings. The minimum Gasteiger partial charge on any atom is -0.464 e. The van der Waals surface area contributed by atoms with Crippen LogP contribution in [0.3, 0.4) is 0 Å². The highest BCUT2D eigenvalue weighted by Gasteiger charge is 2.14. The van der Waals surface area contributed by atoms with Crippen molar-refractivity contribution in [2.45, 2.75) is 20.0 Å². The van der Waals surface area contributed by atoms with Crippen LogP contribution in [0.15, 0.2) is 24.7 Å². The second-order valence-corrected chi connectivity index (χ2v) is 3.60. The summed E-state index contributed by atoms with van der Waals surface area (Å²) < 4.78 is 8.34. The standard InChI is InChI=1S/C11H14N4O2/c1-9-12-8-10(11(16)17-2)15(9)7-6-14-5-3-4-13-14/h3-5,8H,6-7H2,1-2H3. The summed E-state index contributed by atoms with van der Waals surface area (Å²) in [5, 5.41) is 4.11. The molecule has 0 aliphatic rings. The first-order valence-electron chi connectivity index (χ1n) is 5.30. The molecule has 0 spiro atoms. The van der Waals surface area contributed by atoms with E-state index in [0.717, 1.165) is 5.82 Å². The quantitative estimate of drug-likeness (QED) is 0.736. The molecule has 0 amide bonds. The minimum absolute atomic E-state index is 0.369. The Hall–Kier alpha value is -2.11. The molecule has 0 fully saturated rings. The number of methoxy groups -OCH3 is 1. The predicted octanol–water partition coefficient (Wildman–Crippen LogP) is 0.875. The van der Waals surface area contributed by atoms with Crippen LogP contribution in [0.1, 0.15) is 16.3 Å². The Bertz CT molecular complexity index is 502. The first-order chi connectivity index (χ1) is 8.22. The van der Waals surface area contributed by atoms with Gasteiger partial charge in [-0.1, -0.05) is 0 Å². The smallest absolute Gasteiger partial charge is 0.356 e. The molecule has 0 saturated heterocycles. The van der Waals surface area contributed by atoms with Gasteiger partial charge in [0.05, 0.1) is 19.9 Å². The molecule has 0 N–H and O–H groups in total. The SMILES string of the molecule is COC(=O)c1cnc(C)n1CCn1cccn1. The molecule has 6 nitrogen and oxygen atoms in total. The number of hydrogen-bond donors (Lipinski definition) is 0. The average molecular weight is 234 g/mol. The monoisotopic (exact) mass is 234 g/mol. The van der Waals surface area contributed by atoms with Crippen LogP contribution in [0.2, 0.25) is 0 Å². The highest BCUT2D eigenvalue weighted by molar-refractivity contribution is 5.87. The molecular formula is C11H14N4O2. The van der Waals surface area contributed by atoms with Crippen LogP contribution < -0.4 is 0 Å². The molecule has 0 unspecified atom stereocenters. The summed E-state index contributed by atoms with van der Waals surface area (Å²) in [5.41, 5.74) is 0.470. The maximum atomic E-state index is 11.5. The van der Waals surface area contributed by atoms with E-state index in [0.29, 0.717) is 18.8 Å². The topological polar surface area (TPSA) is 61.9 Å². The summed E-state index contributed by atoms with van der Waals surface area (Å²) in [7, 11) is 1.36. The highest BCUT2D eigenvalue weighted by atomic mass is 16.5. The van der Waals surface area contributed by atoms with Gasteiger partial charge in [-0.3, -0.25) is 4.68 Å². The van der Waals surface area contributed by atoms with E-state index in [1.54, 1.807) is 10.9 Å². The Morgan fingerprint density at radius 2 is 2.29 bits per heavy atom. The fourth-order valence-corrected chi connectivity index (χ4v) is 1.65. The van der Waals surface area contributed by atoms with Gasteiger partial charge in [0.15, 0.2) is 0 Å². The second-order valence-electron chi connectivity index (χ2n) is 3.60. The molecule has 17 heavy (non-hydrogen) atoms. The molecule has 2 rings (SSSR count). The lowest BCUT2D eigenvalue weighted by Crippen LogP contribution is -2.15. The molecule has 0 aliphatic heterocycles. The molecule has 0 radical (unpaired) electrons. The second kappa shape index (κ2) is 4.82. The van der Waals surface area contributed by atoms with E-state index in [1.165, 1.54) is 13.3 Å². The van der Waals surface area contributed by atoms with Gasteiger partial charge in [0.2, 0.25) is 0 Å². The molecule has 2 aromatic heterocycles. The zero-order valence-corrected chi connectivity index (χ0v) is 9.83. The zero-order chi connectivity index (χ0) is 12.3. The summed E-state index contributed by atoms with van der Waals surface area (Å²) in [5.74, 6) is 0.420. The largest absolute Gasteiger partial charge is 0.464 e. The summed E-state index contributed by atoms with van der Waals surface area (Å²) in [4.78, 5) is 15.6. The normalized spacial score (nSPS) is 10.5. The third-order valence-corrected chi connectivity index (χ3v) is 2.56. The van der Waals surface area contributed by atoms with Crippen molar-refractivity contribution < 1.29 is 9.53 Å². The zero-order valence-electron chi connectivity index (χ0n) is 9.83. The predicted molar refractivity (Wildman–Crippen MR) is 60.5 cm³/mol. The van der Waals surface area contributed by atoms with Gasteiger partial charge < -0.3 is 9.30 Å². The molecule has 0 aromatic carbocycles. The van der Waals surface area contributed by atoms with E-state index in [9.17, 15) is 4.79 Å². The fourth-order valence-electron chi connectivity index (χ4n) is 1.65. The number of hydrogen-bond acceptors (Lipinski definition) is 4. The maximum absolute atomic E-state index is 11.5. The summed E-state index contributed by atoms with van der Waals surface area (Å²) in [6.07, 6.45) is 5.14. The Labute approximate surface area is 98.8 Å². The molecule has 0 bridgehead atoms. The number of rotatable bonds is 4. The van der Waals surface area contributed by atoms with E-state index in [1.807, 2.05) is 23.8 Å². The van der Waals surface area contributed by atoms with Crippen molar-refractivity contribution in [3.8, 4) is 0 Å². The van der Waals surface area contributed by atoms with E-state index in [4.69, 9.17) is 4.74 Å². The number of carbonyl (C=O) groups excluding carboxylic acids is 1. The van der Waals surface area contributed by atoms with Crippen LogP contribution in [-0.2, 0) is 17.8 Å². The third kappa shape index (κ3) is 2.35. The van der Waals surface area contributed by atoms with Crippen molar-refractivity contribution in [1.82, 2.24) is 19.3 Å². The lowest BCUT2D eigenvalue weighted by Gasteiger charge is -2.08. The van der Waals surface area contributed by atoms with Crippen LogP contribution in [0.5, 0.6) is 0 Å². The van der Waals surface area contributed by atoms with Crippen LogP contribution in [0, 0.1) is 6.92 Å². The number of ether oxygens (including phenoxy) is 1. The number of imidazole rings is 1. The van der Waals surface area contributed by atoms with E-state index in [-0.39, 0.29) is 5.97 Å². The van der Waals surface area contributed by atoms with Gasteiger partial charge >= 0.3 is 5.97 Å². The Kier molecular flexibility index (Phi) is 3.22. The van der Waals surface area contributed by atoms with Crippen molar-refractivity contribution in [3.05, 3.63) is 36.2 Å². The van der Waals surface area contributed by atoms with Gasteiger partial charge in [-0.25, -0.2) is 9.78 Å². The van der Waals surface area contributed by atoms with E-state index in [2.05, 4.69) is 10.1 Å². The number of aromatic nitrogens is 4.